The van der Waals surface area contributed by atoms with E-state index in [2.05, 4.69) is 9.64 Å². The number of rotatable bonds is 7. The summed E-state index contributed by atoms with van der Waals surface area (Å²) >= 11 is 0. The summed E-state index contributed by atoms with van der Waals surface area (Å²) in [4.78, 5) is 2.34. The van der Waals surface area contributed by atoms with E-state index in [1.165, 1.54) is 55.7 Å². The molecule has 4 rings (SSSR count). The lowest BCUT2D eigenvalue weighted by Crippen LogP contribution is -2.57. The molecule has 2 aromatic carbocycles. The van der Waals surface area contributed by atoms with Crippen molar-refractivity contribution in [1.29, 1.82) is 0 Å². The minimum atomic E-state index is -4.54. The highest BCUT2D eigenvalue weighted by molar-refractivity contribution is 5.39. The predicted octanol–water partition coefficient (Wildman–Crippen LogP) is 6.43. The Bertz CT molecular complexity index is 875. The van der Waals surface area contributed by atoms with E-state index in [9.17, 15) is 22.0 Å². The molecule has 1 aliphatic heterocycles. The minimum Gasteiger partial charge on any atom is -0.435 e. The van der Waals surface area contributed by atoms with Crippen molar-refractivity contribution >= 4 is 0 Å². The fraction of sp³-hybridized carbons (Fsp3) is 0.500. The molecule has 1 heterocycles. The summed E-state index contributed by atoms with van der Waals surface area (Å²) < 4.78 is 76.6. The van der Waals surface area contributed by atoms with Crippen molar-refractivity contribution in [2.75, 3.05) is 13.1 Å². The van der Waals surface area contributed by atoms with Gasteiger partial charge in [0.2, 0.25) is 0 Å². The molecule has 32 heavy (non-hydrogen) atoms. The number of likely N-dealkylation sites (tertiary alicyclic amines) is 1. The molecule has 0 radical (unpaired) electrons. The molecule has 2 fully saturated rings. The molecule has 8 heteroatoms. The molecule has 0 amide bonds. The zero-order valence-corrected chi connectivity index (χ0v) is 17.5. The average molecular weight is 455 g/mol. The smallest absolute Gasteiger partial charge is 0.416 e. The van der Waals surface area contributed by atoms with Crippen molar-refractivity contribution < 1.29 is 31.4 Å². The second-order valence-electron chi connectivity index (χ2n) is 8.42. The van der Waals surface area contributed by atoms with Crippen molar-refractivity contribution in [1.82, 2.24) is 4.90 Å². The molecule has 1 atom stereocenters. The Balaban J connectivity index is 1.55. The van der Waals surface area contributed by atoms with Crippen LogP contribution < -0.4 is 4.74 Å². The third kappa shape index (κ3) is 5.41. The number of ether oxygens (including phenoxy) is 2. The lowest BCUT2D eigenvalue weighted by atomic mass is 9.91. The van der Waals surface area contributed by atoms with Crippen molar-refractivity contribution in [2.45, 2.75) is 63.1 Å². The van der Waals surface area contributed by atoms with Gasteiger partial charge in [-0.2, -0.15) is 22.0 Å². The van der Waals surface area contributed by atoms with Crippen LogP contribution in [0, 0.1) is 0 Å². The zero-order valence-electron chi connectivity index (χ0n) is 17.5. The summed E-state index contributed by atoms with van der Waals surface area (Å²) in [6.45, 7) is -1.61. The van der Waals surface area contributed by atoms with Crippen LogP contribution in [-0.2, 0) is 10.9 Å². The van der Waals surface area contributed by atoms with Crippen molar-refractivity contribution in [3.63, 3.8) is 0 Å². The normalized spacial score (nSPS) is 19.7. The van der Waals surface area contributed by atoms with Crippen LogP contribution in [0.2, 0.25) is 0 Å². The fourth-order valence-electron chi connectivity index (χ4n) is 4.63. The Labute approximate surface area is 184 Å². The minimum absolute atomic E-state index is 0.0126. The van der Waals surface area contributed by atoms with Gasteiger partial charge in [-0.15, -0.1) is 0 Å². The maximum absolute atomic E-state index is 13.7. The van der Waals surface area contributed by atoms with Crippen LogP contribution >= 0.6 is 0 Å². The summed E-state index contributed by atoms with van der Waals surface area (Å²) in [7, 11) is 0. The molecule has 3 nitrogen and oxygen atoms in total. The molecule has 1 saturated heterocycles. The van der Waals surface area contributed by atoms with Gasteiger partial charge in [0.1, 0.15) is 11.9 Å². The van der Waals surface area contributed by atoms with Crippen molar-refractivity contribution in [3.8, 4) is 5.75 Å². The number of hydrogen-bond donors (Lipinski definition) is 0. The van der Waals surface area contributed by atoms with E-state index in [1.807, 2.05) is 0 Å². The Morgan fingerprint density at radius 2 is 1.53 bits per heavy atom. The van der Waals surface area contributed by atoms with Gasteiger partial charge in [-0.3, -0.25) is 4.90 Å². The molecule has 174 valence electrons. The Kier molecular flexibility index (Phi) is 7.00. The molecular weight excluding hydrogens is 429 g/mol. The highest BCUT2D eigenvalue weighted by atomic mass is 19.4. The standard InChI is InChI=1S/C24H26F5NO2/c25-23(26)32-18-12-10-16(11-13-18)22(20-8-4-5-9-21(20)24(27,28)29)31-19-14-30(15-19)17-6-2-1-3-7-17/h4-5,8-13,17,19,22-23H,1-3,6-7,14-15H2. The van der Waals surface area contributed by atoms with Gasteiger partial charge in [0.05, 0.1) is 11.7 Å². The molecule has 1 aliphatic carbocycles. The topological polar surface area (TPSA) is 21.7 Å². The summed E-state index contributed by atoms with van der Waals surface area (Å²) in [6.07, 6.45) is 0.281. The van der Waals surface area contributed by atoms with Gasteiger partial charge in [0.15, 0.2) is 0 Å². The fourth-order valence-corrected chi connectivity index (χ4v) is 4.63. The van der Waals surface area contributed by atoms with E-state index >= 15 is 0 Å². The summed E-state index contributed by atoms with van der Waals surface area (Å²) in [5.74, 6) is -0.0567. The van der Waals surface area contributed by atoms with Crippen molar-refractivity contribution in [3.05, 3.63) is 65.2 Å². The molecule has 1 unspecified atom stereocenters. The largest absolute Gasteiger partial charge is 0.435 e. The van der Waals surface area contributed by atoms with Gasteiger partial charge in [-0.05, 0) is 42.2 Å². The third-order valence-corrected chi connectivity index (χ3v) is 6.25. The SMILES string of the molecule is FC(F)Oc1ccc(C(OC2CN(C3CCCCC3)C2)c2ccccc2C(F)(F)F)cc1. The van der Waals surface area contributed by atoms with E-state index in [-0.39, 0.29) is 17.4 Å². The van der Waals surface area contributed by atoms with E-state index < -0.39 is 24.5 Å². The first-order valence-corrected chi connectivity index (χ1v) is 10.9. The van der Waals surface area contributed by atoms with Crippen LogP contribution in [0.15, 0.2) is 48.5 Å². The van der Waals surface area contributed by atoms with Crippen molar-refractivity contribution in [2.24, 2.45) is 0 Å². The summed E-state index contributed by atoms with van der Waals surface area (Å²) in [5.41, 5.74) is -0.292. The van der Waals surface area contributed by atoms with E-state index in [1.54, 1.807) is 6.07 Å². The van der Waals surface area contributed by atoms with E-state index in [0.29, 0.717) is 24.7 Å². The maximum Gasteiger partial charge on any atom is 0.416 e. The van der Waals surface area contributed by atoms with Crippen LogP contribution in [0.3, 0.4) is 0 Å². The number of halogens is 5. The Morgan fingerprint density at radius 1 is 0.875 bits per heavy atom. The van der Waals surface area contributed by atoms with E-state index in [0.717, 1.165) is 18.9 Å². The lowest BCUT2D eigenvalue weighted by molar-refractivity contribution is -0.141. The first kappa shape index (κ1) is 23.0. The monoisotopic (exact) mass is 455 g/mol. The third-order valence-electron chi connectivity index (χ3n) is 6.25. The van der Waals surface area contributed by atoms with Gasteiger partial charge in [0.25, 0.3) is 0 Å². The number of nitrogens with zero attached hydrogens (tertiary/aromatic N) is 1. The average Bonchev–Trinajstić information content (AvgIpc) is 2.73. The van der Waals surface area contributed by atoms with Gasteiger partial charge >= 0.3 is 12.8 Å². The van der Waals surface area contributed by atoms with Crippen LogP contribution in [-0.4, -0.2) is 36.7 Å². The van der Waals surface area contributed by atoms with Crippen LogP contribution in [0.4, 0.5) is 22.0 Å². The predicted molar refractivity (Wildman–Crippen MR) is 110 cm³/mol. The van der Waals surface area contributed by atoms with Crippen LogP contribution in [0.25, 0.3) is 0 Å². The zero-order chi connectivity index (χ0) is 22.7. The molecule has 2 aromatic rings. The Hall–Kier alpha value is -2.19. The van der Waals surface area contributed by atoms with Gasteiger partial charge in [-0.1, -0.05) is 49.6 Å². The van der Waals surface area contributed by atoms with Crippen LogP contribution in [0.5, 0.6) is 5.75 Å². The number of benzene rings is 2. The van der Waals surface area contributed by atoms with Gasteiger partial charge in [-0.25, -0.2) is 0 Å². The summed E-state index contributed by atoms with van der Waals surface area (Å²) in [6, 6.07) is 11.5. The van der Waals surface area contributed by atoms with Crippen LogP contribution in [0.1, 0.15) is 54.9 Å². The molecule has 2 aliphatic rings. The lowest BCUT2D eigenvalue weighted by Gasteiger charge is -2.46. The number of alkyl halides is 5. The molecule has 0 spiro atoms. The van der Waals surface area contributed by atoms with Gasteiger partial charge in [0, 0.05) is 19.1 Å². The molecule has 0 aromatic heterocycles. The first-order chi connectivity index (χ1) is 15.3. The molecule has 1 saturated carbocycles. The molecule has 0 N–H and O–H groups in total. The second kappa shape index (κ2) is 9.75. The first-order valence-electron chi connectivity index (χ1n) is 10.9. The highest BCUT2D eigenvalue weighted by Crippen LogP contribution is 2.40. The molecule has 0 bridgehead atoms. The second-order valence-corrected chi connectivity index (χ2v) is 8.42. The van der Waals surface area contributed by atoms with E-state index in [4.69, 9.17) is 4.74 Å². The van der Waals surface area contributed by atoms with Gasteiger partial charge < -0.3 is 9.47 Å². The maximum atomic E-state index is 13.7. The number of hydrogen-bond acceptors (Lipinski definition) is 3. The summed E-state index contributed by atoms with van der Waals surface area (Å²) in [5, 5.41) is 0. The quantitative estimate of drug-likeness (QED) is 0.449. The highest BCUT2D eigenvalue weighted by Gasteiger charge is 2.39. The molecular formula is C24H26F5NO2. The Morgan fingerprint density at radius 3 is 2.16 bits per heavy atom.